The van der Waals surface area contributed by atoms with Gasteiger partial charge in [0.05, 0.1) is 25.7 Å². The second kappa shape index (κ2) is 8.28. The molecule has 2 rings (SSSR count). The highest BCUT2D eigenvalue weighted by atomic mass is 19.1. The van der Waals surface area contributed by atoms with Crippen LogP contribution in [0.3, 0.4) is 0 Å². The van der Waals surface area contributed by atoms with Crippen molar-refractivity contribution in [1.29, 1.82) is 0 Å². The van der Waals surface area contributed by atoms with Gasteiger partial charge in [0.25, 0.3) is 0 Å². The number of esters is 1. The van der Waals surface area contributed by atoms with Gasteiger partial charge in [0.1, 0.15) is 11.6 Å². The monoisotopic (exact) mass is 345 g/mol. The van der Waals surface area contributed by atoms with Crippen LogP contribution in [0.1, 0.15) is 27.9 Å². The molecule has 1 amide bonds. The third kappa shape index (κ3) is 5.04. The Morgan fingerprint density at radius 3 is 2.44 bits per heavy atom. The largest absolute Gasteiger partial charge is 0.493 e. The van der Waals surface area contributed by atoms with Gasteiger partial charge in [0, 0.05) is 5.69 Å². The Kier molecular flexibility index (Phi) is 6.11. The van der Waals surface area contributed by atoms with Crippen LogP contribution in [0, 0.1) is 19.7 Å². The fourth-order valence-electron chi connectivity index (χ4n) is 2.27. The second-order valence-corrected chi connectivity index (χ2v) is 5.56. The summed E-state index contributed by atoms with van der Waals surface area (Å²) in [6, 6.07) is 8.96. The van der Waals surface area contributed by atoms with E-state index in [1.165, 1.54) is 31.4 Å². The lowest BCUT2D eigenvalue weighted by atomic mass is 10.0. The van der Waals surface area contributed by atoms with Crippen LogP contribution in [0.2, 0.25) is 0 Å². The summed E-state index contributed by atoms with van der Waals surface area (Å²) in [7, 11) is 1.31. The molecule has 0 saturated carbocycles. The van der Waals surface area contributed by atoms with Gasteiger partial charge in [-0.25, -0.2) is 9.18 Å². The number of rotatable bonds is 6. The molecule has 132 valence electrons. The van der Waals surface area contributed by atoms with Crippen LogP contribution < -0.4 is 10.1 Å². The lowest BCUT2D eigenvalue weighted by Crippen LogP contribution is -2.16. The van der Waals surface area contributed by atoms with Gasteiger partial charge in [-0.1, -0.05) is 0 Å². The summed E-state index contributed by atoms with van der Waals surface area (Å²) in [5, 5.41) is 2.74. The van der Waals surface area contributed by atoms with Gasteiger partial charge in [-0.3, -0.25) is 4.79 Å². The topological polar surface area (TPSA) is 64.6 Å². The van der Waals surface area contributed by atoms with Crippen LogP contribution in [-0.4, -0.2) is 25.6 Å². The third-order valence-electron chi connectivity index (χ3n) is 3.77. The van der Waals surface area contributed by atoms with Crippen LogP contribution in [-0.2, 0) is 9.53 Å². The Morgan fingerprint density at radius 2 is 1.80 bits per heavy atom. The highest BCUT2D eigenvalue weighted by Crippen LogP contribution is 2.21. The van der Waals surface area contributed by atoms with E-state index in [0.29, 0.717) is 17.0 Å². The van der Waals surface area contributed by atoms with E-state index >= 15 is 0 Å². The van der Waals surface area contributed by atoms with Crippen molar-refractivity contribution >= 4 is 17.6 Å². The predicted molar refractivity (Wildman–Crippen MR) is 92.4 cm³/mol. The average molecular weight is 345 g/mol. The minimum atomic E-state index is -0.448. The van der Waals surface area contributed by atoms with E-state index in [0.717, 1.165) is 11.1 Å². The van der Waals surface area contributed by atoms with Crippen molar-refractivity contribution in [3.8, 4) is 5.75 Å². The number of ether oxygens (including phenoxy) is 2. The van der Waals surface area contributed by atoms with E-state index in [-0.39, 0.29) is 24.8 Å². The van der Waals surface area contributed by atoms with E-state index in [9.17, 15) is 14.0 Å². The van der Waals surface area contributed by atoms with Crippen LogP contribution in [0.4, 0.5) is 10.1 Å². The van der Waals surface area contributed by atoms with Crippen molar-refractivity contribution in [3.63, 3.8) is 0 Å². The number of carbonyl (C=O) groups excluding carboxylic acids is 2. The van der Waals surface area contributed by atoms with Crippen LogP contribution >= 0.6 is 0 Å². The summed E-state index contributed by atoms with van der Waals surface area (Å²) in [5.74, 6) is -0.549. The molecule has 0 bridgehead atoms. The molecule has 0 fully saturated rings. The van der Waals surface area contributed by atoms with Gasteiger partial charge in [0.15, 0.2) is 0 Å². The maximum atomic E-state index is 12.8. The summed E-state index contributed by atoms with van der Waals surface area (Å²) >= 11 is 0. The van der Waals surface area contributed by atoms with Crippen LogP contribution in [0.5, 0.6) is 5.75 Å². The Balaban J connectivity index is 1.94. The molecule has 0 heterocycles. The van der Waals surface area contributed by atoms with Gasteiger partial charge in [0.2, 0.25) is 5.91 Å². The first-order valence-electron chi connectivity index (χ1n) is 7.78. The summed E-state index contributed by atoms with van der Waals surface area (Å²) < 4.78 is 22.9. The van der Waals surface area contributed by atoms with Gasteiger partial charge in [-0.05, 0) is 61.4 Å². The maximum Gasteiger partial charge on any atom is 0.338 e. The number of carbonyl (C=O) groups is 2. The smallest absolute Gasteiger partial charge is 0.338 e. The first-order chi connectivity index (χ1) is 11.9. The van der Waals surface area contributed by atoms with Gasteiger partial charge in [-0.15, -0.1) is 0 Å². The molecular weight excluding hydrogens is 325 g/mol. The zero-order valence-electron chi connectivity index (χ0n) is 14.4. The predicted octanol–water partition coefficient (Wildman–Crippen LogP) is 3.64. The molecule has 0 aromatic heterocycles. The highest BCUT2D eigenvalue weighted by molar-refractivity contribution is 5.96. The molecule has 0 spiro atoms. The maximum absolute atomic E-state index is 12.8. The Bertz CT molecular complexity index is 772. The zero-order chi connectivity index (χ0) is 18.4. The molecule has 0 aliphatic carbocycles. The summed E-state index contributed by atoms with van der Waals surface area (Å²) in [6.45, 7) is 3.84. The van der Waals surface area contributed by atoms with Crippen molar-refractivity contribution < 1.29 is 23.5 Å². The molecule has 1 N–H and O–H groups in total. The van der Waals surface area contributed by atoms with Gasteiger partial charge in [-0.2, -0.15) is 0 Å². The molecule has 25 heavy (non-hydrogen) atoms. The summed E-state index contributed by atoms with van der Waals surface area (Å²) in [6.07, 6.45) is 0.123. The van der Waals surface area contributed by atoms with Crippen molar-refractivity contribution in [2.75, 3.05) is 19.0 Å². The quantitative estimate of drug-likeness (QED) is 0.812. The van der Waals surface area contributed by atoms with E-state index in [1.54, 1.807) is 12.1 Å². The first-order valence-corrected chi connectivity index (χ1v) is 7.78. The van der Waals surface area contributed by atoms with Gasteiger partial charge < -0.3 is 14.8 Å². The van der Waals surface area contributed by atoms with E-state index < -0.39 is 5.97 Å². The van der Waals surface area contributed by atoms with Crippen molar-refractivity contribution in [2.24, 2.45) is 0 Å². The Hall–Kier alpha value is -2.89. The van der Waals surface area contributed by atoms with Crippen molar-refractivity contribution in [2.45, 2.75) is 20.3 Å². The third-order valence-corrected chi connectivity index (χ3v) is 3.77. The van der Waals surface area contributed by atoms with Crippen molar-refractivity contribution in [3.05, 3.63) is 58.9 Å². The molecule has 6 heteroatoms. The minimum Gasteiger partial charge on any atom is -0.493 e. The molecule has 5 nitrogen and oxygen atoms in total. The Morgan fingerprint density at radius 1 is 1.12 bits per heavy atom. The lowest BCUT2D eigenvalue weighted by Gasteiger charge is -2.12. The number of aryl methyl sites for hydroxylation is 1. The summed E-state index contributed by atoms with van der Waals surface area (Å²) in [5.41, 5.74) is 2.63. The molecule has 2 aromatic rings. The number of nitrogens with one attached hydrogen (secondary N) is 1. The number of hydrogen-bond donors (Lipinski definition) is 1. The number of anilines is 1. The molecule has 0 atom stereocenters. The van der Waals surface area contributed by atoms with E-state index in [1.807, 2.05) is 13.8 Å². The number of hydrogen-bond acceptors (Lipinski definition) is 4. The molecule has 0 aliphatic rings. The zero-order valence-corrected chi connectivity index (χ0v) is 14.4. The molecule has 0 aliphatic heterocycles. The molecule has 0 unspecified atom stereocenters. The number of methoxy groups -OCH3 is 1. The Labute approximate surface area is 145 Å². The lowest BCUT2D eigenvalue weighted by molar-refractivity contribution is -0.116. The SMILES string of the molecule is COC(=O)c1cc(NC(=O)CCOc2ccc(F)cc2)cc(C)c1C. The molecule has 0 saturated heterocycles. The van der Waals surface area contributed by atoms with E-state index in [4.69, 9.17) is 9.47 Å². The van der Waals surface area contributed by atoms with E-state index in [2.05, 4.69) is 5.32 Å². The standard InChI is InChI=1S/C19H20FNO4/c1-12-10-15(11-17(13(12)2)19(23)24-3)21-18(22)8-9-25-16-6-4-14(20)5-7-16/h4-7,10-11H,8-9H2,1-3H3,(H,21,22). The fourth-order valence-corrected chi connectivity index (χ4v) is 2.27. The number of benzene rings is 2. The first kappa shape index (κ1) is 18.4. The number of amides is 1. The fraction of sp³-hybridized carbons (Fsp3) is 0.263. The van der Waals surface area contributed by atoms with Crippen LogP contribution in [0.15, 0.2) is 36.4 Å². The normalized spacial score (nSPS) is 10.2. The molecule has 2 aromatic carbocycles. The summed E-state index contributed by atoms with van der Waals surface area (Å²) in [4.78, 5) is 23.8. The van der Waals surface area contributed by atoms with Crippen molar-refractivity contribution in [1.82, 2.24) is 0 Å². The average Bonchev–Trinajstić information content (AvgIpc) is 2.59. The molecule has 0 radical (unpaired) electrons. The molecular formula is C19H20FNO4. The number of halogens is 1. The second-order valence-electron chi connectivity index (χ2n) is 5.56. The van der Waals surface area contributed by atoms with Gasteiger partial charge >= 0.3 is 5.97 Å². The minimum absolute atomic E-state index is 0.123. The van der Waals surface area contributed by atoms with Crippen LogP contribution in [0.25, 0.3) is 0 Å². The highest BCUT2D eigenvalue weighted by Gasteiger charge is 2.13.